The van der Waals surface area contributed by atoms with E-state index in [9.17, 15) is 9.59 Å². The highest BCUT2D eigenvalue weighted by molar-refractivity contribution is 6.04. The lowest BCUT2D eigenvalue weighted by atomic mass is 10.1. The number of nitrogens with one attached hydrogen (secondary N) is 2. The van der Waals surface area contributed by atoms with Crippen LogP contribution in [0, 0.1) is 0 Å². The van der Waals surface area contributed by atoms with Gasteiger partial charge in [-0.05, 0) is 38.8 Å². The molecule has 0 radical (unpaired) electrons. The van der Waals surface area contributed by atoms with Gasteiger partial charge in [0.2, 0.25) is 0 Å². The molecule has 0 bridgehead atoms. The van der Waals surface area contributed by atoms with E-state index >= 15 is 0 Å². The number of guanidine groups is 1. The number of urea groups is 1. The van der Waals surface area contributed by atoms with Gasteiger partial charge in [-0.1, -0.05) is 18.2 Å². The number of carbonyl (C=O) groups excluding carboxylic acids is 2. The normalized spacial score (nSPS) is 22.3. The lowest BCUT2D eigenvalue weighted by molar-refractivity contribution is -0.127. The summed E-state index contributed by atoms with van der Waals surface area (Å²) in [7, 11) is 1.67. The van der Waals surface area contributed by atoms with Gasteiger partial charge in [0.1, 0.15) is 11.9 Å². The summed E-state index contributed by atoms with van der Waals surface area (Å²) in [6.07, 6.45) is 1.24. The quantitative estimate of drug-likeness (QED) is 0.559. The van der Waals surface area contributed by atoms with Crippen LogP contribution in [0.5, 0.6) is 5.75 Å². The molecule has 2 atom stereocenters. The van der Waals surface area contributed by atoms with Gasteiger partial charge in [0.15, 0.2) is 12.0 Å². The van der Waals surface area contributed by atoms with E-state index in [4.69, 9.17) is 9.47 Å². The summed E-state index contributed by atoms with van der Waals surface area (Å²) in [5.74, 6) is 1.13. The highest BCUT2D eigenvalue weighted by atomic mass is 16.5. The molecule has 2 aliphatic heterocycles. The molecule has 2 saturated heterocycles. The number of fused-ring (bicyclic) bond motifs is 1. The Morgan fingerprint density at radius 3 is 2.63 bits per heavy atom. The Hall–Kier alpha value is -2.81. The van der Waals surface area contributed by atoms with Gasteiger partial charge in [0.25, 0.3) is 5.91 Å². The van der Waals surface area contributed by atoms with Crippen LogP contribution in [-0.4, -0.2) is 79.4 Å². The van der Waals surface area contributed by atoms with Gasteiger partial charge in [-0.2, -0.15) is 0 Å². The number of hydrogen-bond acceptors (Lipinski definition) is 5. The van der Waals surface area contributed by atoms with Gasteiger partial charge in [-0.3, -0.25) is 15.1 Å². The van der Waals surface area contributed by atoms with Crippen LogP contribution in [0.4, 0.5) is 4.79 Å². The van der Waals surface area contributed by atoms with Crippen molar-refractivity contribution < 1.29 is 19.1 Å². The number of para-hydroxylation sites is 1. The third-order valence-electron chi connectivity index (χ3n) is 4.99. The Bertz CT molecular complexity index is 755. The van der Waals surface area contributed by atoms with E-state index in [0.29, 0.717) is 38.7 Å². The fourth-order valence-electron chi connectivity index (χ4n) is 3.48. The third kappa shape index (κ3) is 5.41. The fourth-order valence-corrected chi connectivity index (χ4v) is 3.48. The van der Waals surface area contributed by atoms with Crippen molar-refractivity contribution in [3.63, 3.8) is 0 Å². The minimum atomic E-state index is -0.518. The molecule has 1 aromatic rings. The Kier molecular flexibility index (Phi) is 7.51. The van der Waals surface area contributed by atoms with Gasteiger partial charge >= 0.3 is 6.03 Å². The Balaban J connectivity index is 1.61. The van der Waals surface area contributed by atoms with Crippen LogP contribution in [0.1, 0.15) is 26.7 Å². The van der Waals surface area contributed by atoms with Gasteiger partial charge < -0.3 is 24.6 Å². The van der Waals surface area contributed by atoms with Crippen molar-refractivity contribution in [1.29, 1.82) is 0 Å². The highest BCUT2D eigenvalue weighted by Gasteiger charge is 2.49. The lowest BCUT2D eigenvalue weighted by Gasteiger charge is -2.35. The topological polar surface area (TPSA) is 95.5 Å². The maximum Gasteiger partial charge on any atom is 0.325 e. The summed E-state index contributed by atoms with van der Waals surface area (Å²) in [6.45, 7) is 6.30. The van der Waals surface area contributed by atoms with Crippen LogP contribution in [0.25, 0.3) is 0 Å². The van der Waals surface area contributed by atoms with Crippen molar-refractivity contribution in [3.8, 4) is 5.75 Å². The maximum atomic E-state index is 12.5. The Labute approximate surface area is 177 Å². The van der Waals surface area contributed by atoms with Crippen molar-refractivity contribution in [2.75, 3.05) is 33.4 Å². The summed E-state index contributed by atoms with van der Waals surface area (Å²) >= 11 is 0. The monoisotopic (exact) mass is 417 g/mol. The summed E-state index contributed by atoms with van der Waals surface area (Å²) in [5, 5.41) is 5.67. The molecule has 164 valence electrons. The number of rotatable bonds is 10. The predicted octanol–water partition coefficient (Wildman–Crippen LogP) is 1.41. The number of ether oxygens (including phenoxy) is 2. The number of imide groups is 1. The van der Waals surface area contributed by atoms with Gasteiger partial charge in [0, 0.05) is 26.7 Å². The second-order valence-corrected chi connectivity index (χ2v) is 7.63. The number of aliphatic imine (C=N–C) groups is 1. The lowest BCUT2D eigenvalue weighted by Crippen LogP contribution is -2.64. The summed E-state index contributed by atoms with van der Waals surface area (Å²) in [5.41, 5.74) is 0. The van der Waals surface area contributed by atoms with E-state index in [1.54, 1.807) is 7.05 Å². The Morgan fingerprint density at radius 2 is 1.90 bits per heavy atom. The molecule has 2 unspecified atom stereocenters. The van der Waals surface area contributed by atoms with Gasteiger partial charge in [-0.15, -0.1) is 0 Å². The molecule has 2 fully saturated rings. The zero-order chi connectivity index (χ0) is 21.5. The second kappa shape index (κ2) is 10.3. The summed E-state index contributed by atoms with van der Waals surface area (Å²) in [6, 6.07) is 8.69. The van der Waals surface area contributed by atoms with Crippen LogP contribution in [0.2, 0.25) is 0 Å². The average Bonchev–Trinajstić information content (AvgIpc) is 3.09. The molecule has 9 nitrogen and oxygen atoms in total. The van der Waals surface area contributed by atoms with E-state index in [2.05, 4.69) is 15.6 Å². The number of hydrogen-bond donors (Lipinski definition) is 2. The van der Waals surface area contributed by atoms with E-state index in [-0.39, 0.29) is 12.0 Å². The van der Waals surface area contributed by atoms with E-state index in [0.717, 1.165) is 12.2 Å². The summed E-state index contributed by atoms with van der Waals surface area (Å²) < 4.78 is 11.3. The number of nitrogens with zero attached hydrogens (tertiary/aromatic N) is 3. The molecule has 0 aromatic heterocycles. The molecule has 3 amide bonds. The predicted molar refractivity (Wildman–Crippen MR) is 113 cm³/mol. The highest BCUT2D eigenvalue weighted by Crippen LogP contribution is 2.21. The molecule has 3 rings (SSSR count). The van der Waals surface area contributed by atoms with Crippen molar-refractivity contribution in [2.45, 2.75) is 45.0 Å². The van der Waals surface area contributed by atoms with Crippen LogP contribution in [-0.2, 0) is 9.53 Å². The minimum absolute atomic E-state index is 0.189. The molecule has 2 heterocycles. The van der Waals surface area contributed by atoms with Crippen molar-refractivity contribution in [1.82, 2.24) is 20.4 Å². The minimum Gasteiger partial charge on any atom is -0.494 e. The molecule has 0 spiro atoms. The first-order valence-corrected chi connectivity index (χ1v) is 10.4. The standard InChI is InChI=1S/C21H31N5O4/c1-15(2)29-13-7-11-22-20-23-18-17(19(27)24-21(28)25(18)3)26(20)12-8-14-30-16-9-5-4-6-10-16/h4-6,9-10,15,17-18H,7-8,11-14H2,1-3H3,(H,22,23)(H,24,27,28). The molecular formula is C21H31N5O4. The first-order chi connectivity index (χ1) is 14.5. The first kappa shape index (κ1) is 21.9. The largest absolute Gasteiger partial charge is 0.494 e. The van der Waals surface area contributed by atoms with Crippen LogP contribution in [0.15, 0.2) is 35.3 Å². The molecule has 2 N–H and O–H groups in total. The average molecular weight is 418 g/mol. The van der Waals surface area contributed by atoms with E-state index in [1.807, 2.05) is 49.1 Å². The molecule has 2 aliphatic rings. The molecular weight excluding hydrogens is 386 g/mol. The van der Waals surface area contributed by atoms with Crippen molar-refractivity contribution in [3.05, 3.63) is 30.3 Å². The first-order valence-electron chi connectivity index (χ1n) is 10.4. The molecule has 0 aliphatic carbocycles. The second-order valence-electron chi connectivity index (χ2n) is 7.63. The van der Waals surface area contributed by atoms with Crippen LogP contribution in [0.3, 0.4) is 0 Å². The maximum absolute atomic E-state index is 12.5. The number of carbonyl (C=O) groups is 2. The fraction of sp³-hybridized carbons (Fsp3) is 0.571. The van der Waals surface area contributed by atoms with Gasteiger partial charge in [-0.25, -0.2) is 4.79 Å². The zero-order valence-corrected chi connectivity index (χ0v) is 17.8. The number of likely N-dealkylation sites (N-methyl/N-ethyl adjacent to an activating group) is 1. The third-order valence-corrected chi connectivity index (χ3v) is 4.99. The van der Waals surface area contributed by atoms with E-state index < -0.39 is 18.2 Å². The van der Waals surface area contributed by atoms with Gasteiger partial charge in [0.05, 0.1) is 12.7 Å². The van der Waals surface area contributed by atoms with Crippen molar-refractivity contribution in [2.24, 2.45) is 4.99 Å². The summed E-state index contributed by atoms with van der Waals surface area (Å²) in [4.78, 5) is 32.6. The smallest absolute Gasteiger partial charge is 0.325 e. The number of benzene rings is 1. The Morgan fingerprint density at radius 1 is 1.13 bits per heavy atom. The van der Waals surface area contributed by atoms with Crippen molar-refractivity contribution >= 4 is 17.9 Å². The van der Waals surface area contributed by atoms with Crippen LogP contribution < -0.4 is 15.4 Å². The molecule has 9 heteroatoms. The zero-order valence-electron chi connectivity index (χ0n) is 17.8. The van der Waals surface area contributed by atoms with E-state index in [1.165, 1.54) is 4.90 Å². The number of amides is 3. The van der Waals surface area contributed by atoms with Crippen LogP contribution >= 0.6 is 0 Å². The SMILES string of the molecule is CC(C)OCCCN=C1NC2C(C(=O)NC(=O)N2C)N1CCCOc1ccccc1. The molecule has 30 heavy (non-hydrogen) atoms. The molecule has 0 saturated carbocycles. The molecule has 1 aromatic carbocycles.